The first-order valence-electron chi connectivity index (χ1n) is 5.94. The van der Waals surface area contributed by atoms with E-state index in [0.717, 1.165) is 4.88 Å². The highest BCUT2D eigenvalue weighted by Gasteiger charge is 2.14. The van der Waals surface area contributed by atoms with Crippen LogP contribution in [0.3, 0.4) is 0 Å². The van der Waals surface area contributed by atoms with E-state index < -0.39 is 6.10 Å². The number of halogens is 1. The lowest BCUT2D eigenvalue weighted by Crippen LogP contribution is -2.26. The number of rotatable bonds is 5. The molecule has 1 heterocycles. The van der Waals surface area contributed by atoms with Crippen molar-refractivity contribution in [3.63, 3.8) is 0 Å². The molecule has 4 nitrogen and oxygen atoms in total. The minimum absolute atomic E-state index is 0.282. The molecule has 0 aliphatic heterocycles. The van der Waals surface area contributed by atoms with Crippen LogP contribution in [0, 0.1) is 0 Å². The SMILES string of the molecule is CC(O/N=C/c1cccs1)C(=O)Nc1cccc(Cl)c1. The largest absolute Gasteiger partial charge is 0.383 e. The standard InChI is InChI=1S/C14H13ClN2O2S/c1-10(19-16-9-13-6-3-7-20-13)14(18)17-12-5-2-4-11(15)8-12/h2-10H,1H3,(H,17,18)/b16-9+. The Morgan fingerprint density at radius 3 is 3.00 bits per heavy atom. The summed E-state index contributed by atoms with van der Waals surface area (Å²) in [5.41, 5.74) is 0.625. The number of benzene rings is 1. The summed E-state index contributed by atoms with van der Waals surface area (Å²) in [7, 11) is 0. The number of carbonyl (C=O) groups is 1. The fraction of sp³-hybridized carbons (Fsp3) is 0.143. The molecule has 104 valence electrons. The van der Waals surface area contributed by atoms with Crippen LogP contribution in [0.2, 0.25) is 5.02 Å². The summed E-state index contributed by atoms with van der Waals surface area (Å²) in [6, 6.07) is 10.8. The first-order chi connectivity index (χ1) is 9.65. The van der Waals surface area contributed by atoms with Gasteiger partial charge < -0.3 is 10.2 Å². The van der Waals surface area contributed by atoms with E-state index in [1.54, 1.807) is 48.7 Å². The molecule has 0 fully saturated rings. The van der Waals surface area contributed by atoms with E-state index in [1.807, 2.05) is 17.5 Å². The zero-order chi connectivity index (χ0) is 14.4. The molecule has 0 radical (unpaired) electrons. The highest BCUT2D eigenvalue weighted by atomic mass is 35.5. The van der Waals surface area contributed by atoms with Gasteiger partial charge in [0.15, 0.2) is 0 Å². The predicted octanol–water partition coefficient (Wildman–Crippen LogP) is 3.78. The average molecular weight is 309 g/mol. The van der Waals surface area contributed by atoms with Crippen molar-refractivity contribution in [3.05, 3.63) is 51.7 Å². The van der Waals surface area contributed by atoms with Gasteiger partial charge in [0, 0.05) is 15.6 Å². The van der Waals surface area contributed by atoms with Crippen LogP contribution in [-0.4, -0.2) is 18.2 Å². The predicted molar refractivity (Wildman–Crippen MR) is 82.5 cm³/mol. The van der Waals surface area contributed by atoms with E-state index in [0.29, 0.717) is 10.7 Å². The maximum absolute atomic E-state index is 11.9. The maximum Gasteiger partial charge on any atom is 0.267 e. The van der Waals surface area contributed by atoms with Crippen molar-refractivity contribution in [2.45, 2.75) is 13.0 Å². The monoisotopic (exact) mass is 308 g/mol. The Balaban J connectivity index is 1.86. The van der Waals surface area contributed by atoms with Crippen LogP contribution in [0.5, 0.6) is 0 Å². The van der Waals surface area contributed by atoms with E-state index in [9.17, 15) is 4.79 Å². The van der Waals surface area contributed by atoms with E-state index in [4.69, 9.17) is 16.4 Å². The van der Waals surface area contributed by atoms with Gasteiger partial charge >= 0.3 is 0 Å². The van der Waals surface area contributed by atoms with Crippen molar-refractivity contribution >= 4 is 40.7 Å². The Bertz CT molecular complexity index is 599. The van der Waals surface area contributed by atoms with E-state index in [1.165, 1.54) is 0 Å². The Labute approximate surface area is 126 Å². The molecule has 0 aliphatic rings. The van der Waals surface area contributed by atoms with Gasteiger partial charge in [0.1, 0.15) is 0 Å². The number of carbonyl (C=O) groups excluding carboxylic acids is 1. The van der Waals surface area contributed by atoms with Crippen LogP contribution in [0.4, 0.5) is 5.69 Å². The summed E-state index contributed by atoms with van der Waals surface area (Å²) < 4.78 is 0. The van der Waals surface area contributed by atoms with Crippen LogP contribution in [0.25, 0.3) is 0 Å². The summed E-state index contributed by atoms with van der Waals surface area (Å²) in [6.45, 7) is 1.63. The topological polar surface area (TPSA) is 50.7 Å². The number of anilines is 1. The molecule has 0 aliphatic carbocycles. The molecule has 6 heteroatoms. The number of nitrogens with zero attached hydrogens (tertiary/aromatic N) is 1. The lowest BCUT2D eigenvalue weighted by molar-refractivity contribution is -0.126. The molecule has 0 saturated carbocycles. The molecule has 1 N–H and O–H groups in total. The summed E-state index contributed by atoms with van der Waals surface area (Å²) in [4.78, 5) is 17.9. The van der Waals surface area contributed by atoms with Gasteiger partial charge in [-0.15, -0.1) is 11.3 Å². The third kappa shape index (κ3) is 4.36. The van der Waals surface area contributed by atoms with Gasteiger partial charge in [0.05, 0.1) is 6.21 Å². The molecule has 1 amide bonds. The van der Waals surface area contributed by atoms with Gasteiger partial charge in [-0.2, -0.15) is 0 Å². The van der Waals surface area contributed by atoms with Crippen molar-refractivity contribution in [2.75, 3.05) is 5.32 Å². The van der Waals surface area contributed by atoms with Crippen molar-refractivity contribution in [1.82, 2.24) is 0 Å². The summed E-state index contributed by atoms with van der Waals surface area (Å²) in [5, 5.41) is 9.00. The molecule has 1 unspecified atom stereocenters. The summed E-state index contributed by atoms with van der Waals surface area (Å²) in [6.07, 6.45) is 0.888. The molecule has 1 atom stereocenters. The molecule has 0 bridgehead atoms. The van der Waals surface area contributed by atoms with Crippen LogP contribution >= 0.6 is 22.9 Å². The van der Waals surface area contributed by atoms with Crippen molar-refractivity contribution < 1.29 is 9.63 Å². The Morgan fingerprint density at radius 1 is 1.45 bits per heavy atom. The Hall–Kier alpha value is -1.85. The van der Waals surface area contributed by atoms with E-state index >= 15 is 0 Å². The molecule has 2 rings (SSSR count). The molecule has 0 spiro atoms. The fourth-order valence-corrected chi connectivity index (χ4v) is 2.16. The van der Waals surface area contributed by atoms with E-state index in [-0.39, 0.29) is 5.91 Å². The van der Waals surface area contributed by atoms with Crippen molar-refractivity contribution in [2.24, 2.45) is 5.16 Å². The molecule has 2 aromatic rings. The Kier molecular flexibility index (Phi) is 5.15. The second-order valence-corrected chi connectivity index (χ2v) is 5.41. The summed E-state index contributed by atoms with van der Waals surface area (Å²) in [5.74, 6) is -0.282. The van der Waals surface area contributed by atoms with Gasteiger partial charge in [-0.1, -0.05) is 28.9 Å². The quantitative estimate of drug-likeness (QED) is 0.675. The van der Waals surface area contributed by atoms with Crippen molar-refractivity contribution in [1.29, 1.82) is 0 Å². The fourth-order valence-electron chi connectivity index (χ4n) is 1.40. The normalized spacial score (nSPS) is 12.3. The highest BCUT2D eigenvalue weighted by Crippen LogP contribution is 2.15. The smallest absolute Gasteiger partial charge is 0.267 e. The third-order valence-corrected chi connectivity index (χ3v) is 3.45. The van der Waals surface area contributed by atoms with Gasteiger partial charge in [0.25, 0.3) is 5.91 Å². The first-order valence-corrected chi connectivity index (χ1v) is 7.20. The van der Waals surface area contributed by atoms with Crippen molar-refractivity contribution in [3.8, 4) is 0 Å². The van der Waals surface area contributed by atoms with Gasteiger partial charge in [-0.25, -0.2) is 0 Å². The number of hydrogen-bond acceptors (Lipinski definition) is 4. The molecule has 20 heavy (non-hydrogen) atoms. The van der Waals surface area contributed by atoms with Gasteiger partial charge in [0.2, 0.25) is 6.10 Å². The molecular formula is C14H13ClN2O2S. The minimum atomic E-state index is -0.690. The molecular weight excluding hydrogens is 296 g/mol. The van der Waals surface area contributed by atoms with E-state index in [2.05, 4.69) is 10.5 Å². The maximum atomic E-state index is 11.9. The highest BCUT2D eigenvalue weighted by molar-refractivity contribution is 7.11. The first kappa shape index (κ1) is 14.6. The van der Waals surface area contributed by atoms with Crippen LogP contribution < -0.4 is 5.32 Å². The zero-order valence-electron chi connectivity index (χ0n) is 10.7. The number of amides is 1. The number of hydrogen-bond donors (Lipinski definition) is 1. The van der Waals surface area contributed by atoms with Gasteiger partial charge in [-0.05, 0) is 36.6 Å². The lowest BCUT2D eigenvalue weighted by Gasteiger charge is -2.10. The molecule has 0 saturated heterocycles. The number of thiophene rings is 1. The average Bonchev–Trinajstić information content (AvgIpc) is 2.91. The second-order valence-electron chi connectivity index (χ2n) is 4.00. The number of oxime groups is 1. The van der Waals surface area contributed by atoms with Crippen LogP contribution in [0.15, 0.2) is 46.9 Å². The summed E-state index contributed by atoms with van der Waals surface area (Å²) >= 11 is 7.39. The second kappa shape index (κ2) is 7.07. The molecule has 1 aromatic heterocycles. The van der Waals surface area contributed by atoms with Crippen LogP contribution in [-0.2, 0) is 9.63 Å². The Morgan fingerprint density at radius 2 is 2.30 bits per heavy atom. The van der Waals surface area contributed by atoms with Crippen LogP contribution in [0.1, 0.15) is 11.8 Å². The molecule has 1 aromatic carbocycles. The third-order valence-electron chi connectivity index (χ3n) is 2.40. The minimum Gasteiger partial charge on any atom is -0.383 e. The zero-order valence-corrected chi connectivity index (χ0v) is 12.3. The lowest BCUT2D eigenvalue weighted by atomic mass is 10.3. The van der Waals surface area contributed by atoms with Gasteiger partial charge in [-0.3, -0.25) is 4.79 Å². The number of nitrogens with one attached hydrogen (secondary N) is 1.